The predicted molar refractivity (Wildman–Crippen MR) is 73.0 cm³/mol. The SMILES string of the molecule is C[Si](C)(C)CCOCOCc1cccc(Cl)n1. The van der Waals surface area contributed by atoms with E-state index in [2.05, 4.69) is 24.6 Å². The molecule has 0 aromatic carbocycles. The molecule has 0 unspecified atom stereocenters. The van der Waals surface area contributed by atoms with E-state index in [1.807, 2.05) is 12.1 Å². The van der Waals surface area contributed by atoms with Gasteiger partial charge in [-0.15, -0.1) is 0 Å². The Balaban J connectivity index is 2.09. The lowest BCUT2D eigenvalue weighted by Gasteiger charge is -2.15. The number of hydrogen-bond acceptors (Lipinski definition) is 3. The Bertz CT molecular complexity index is 342. The quantitative estimate of drug-likeness (QED) is 0.329. The molecular formula is C12H20ClNO2Si. The van der Waals surface area contributed by atoms with Crippen LogP contribution in [0, 0.1) is 0 Å². The maximum atomic E-state index is 5.76. The van der Waals surface area contributed by atoms with Gasteiger partial charge in [-0.2, -0.15) is 0 Å². The van der Waals surface area contributed by atoms with Crippen molar-refractivity contribution in [2.24, 2.45) is 0 Å². The van der Waals surface area contributed by atoms with Gasteiger partial charge >= 0.3 is 0 Å². The van der Waals surface area contributed by atoms with Crippen LogP contribution in [0.15, 0.2) is 18.2 Å². The fourth-order valence-electron chi connectivity index (χ4n) is 1.17. The lowest BCUT2D eigenvalue weighted by molar-refractivity contribution is -0.0582. The molecule has 5 heteroatoms. The van der Waals surface area contributed by atoms with Crippen molar-refractivity contribution in [3.05, 3.63) is 29.0 Å². The van der Waals surface area contributed by atoms with Gasteiger partial charge in [0.05, 0.1) is 12.3 Å². The van der Waals surface area contributed by atoms with Gasteiger partial charge in [-0.25, -0.2) is 4.98 Å². The van der Waals surface area contributed by atoms with Crippen LogP contribution in [0.4, 0.5) is 0 Å². The Morgan fingerprint density at radius 1 is 1.24 bits per heavy atom. The van der Waals surface area contributed by atoms with Gasteiger partial charge in [0.2, 0.25) is 0 Å². The van der Waals surface area contributed by atoms with Crippen LogP contribution in [0.3, 0.4) is 0 Å². The van der Waals surface area contributed by atoms with Crippen molar-refractivity contribution in [3.8, 4) is 0 Å². The first-order valence-electron chi connectivity index (χ1n) is 5.74. The summed E-state index contributed by atoms with van der Waals surface area (Å²) < 4.78 is 10.8. The molecule has 0 atom stereocenters. The summed E-state index contributed by atoms with van der Waals surface area (Å²) in [6.45, 7) is 8.51. The van der Waals surface area contributed by atoms with Gasteiger partial charge in [-0.05, 0) is 18.2 Å². The zero-order chi connectivity index (χ0) is 12.7. The van der Waals surface area contributed by atoms with Crippen molar-refractivity contribution in [2.75, 3.05) is 13.4 Å². The summed E-state index contributed by atoms with van der Waals surface area (Å²) in [5.74, 6) is 0. The second-order valence-corrected chi connectivity index (χ2v) is 11.1. The van der Waals surface area contributed by atoms with Gasteiger partial charge < -0.3 is 9.47 Å². The highest BCUT2D eigenvalue weighted by molar-refractivity contribution is 6.76. The van der Waals surface area contributed by atoms with Gasteiger partial charge in [0.1, 0.15) is 11.9 Å². The Morgan fingerprint density at radius 2 is 2.00 bits per heavy atom. The highest BCUT2D eigenvalue weighted by Gasteiger charge is 2.11. The molecule has 0 fully saturated rings. The molecule has 0 radical (unpaired) electrons. The summed E-state index contributed by atoms with van der Waals surface area (Å²) in [4.78, 5) is 4.12. The average Bonchev–Trinajstić information content (AvgIpc) is 2.22. The van der Waals surface area contributed by atoms with E-state index < -0.39 is 8.07 Å². The van der Waals surface area contributed by atoms with Crippen molar-refractivity contribution in [1.82, 2.24) is 4.98 Å². The number of rotatable bonds is 7. The minimum Gasteiger partial charge on any atom is -0.356 e. The fourth-order valence-corrected chi connectivity index (χ4v) is 2.11. The summed E-state index contributed by atoms with van der Waals surface area (Å²) in [5, 5.41) is 0.491. The van der Waals surface area contributed by atoms with Gasteiger partial charge in [0, 0.05) is 14.7 Å². The van der Waals surface area contributed by atoms with E-state index in [1.165, 1.54) is 0 Å². The molecule has 0 saturated heterocycles. The second kappa shape index (κ2) is 7.11. The summed E-state index contributed by atoms with van der Waals surface area (Å²) in [6, 6.07) is 6.65. The molecule has 3 nitrogen and oxygen atoms in total. The third kappa shape index (κ3) is 7.49. The standard InChI is InChI=1S/C12H20ClNO2Si/c1-17(2,3)8-7-15-10-16-9-11-5-4-6-12(13)14-11/h4-6H,7-10H2,1-3H3. The van der Waals surface area contributed by atoms with Crippen LogP contribution in [0.25, 0.3) is 0 Å². The lowest BCUT2D eigenvalue weighted by Crippen LogP contribution is -2.22. The summed E-state index contributed by atoms with van der Waals surface area (Å²) in [5.41, 5.74) is 0.825. The number of halogens is 1. The van der Waals surface area contributed by atoms with Crippen molar-refractivity contribution in [3.63, 3.8) is 0 Å². The maximum absolute atomic E-state index is 5.76. The van der Waals surface area contributed by atoms with Crippen LogP contribution < -0.4 is 0 Å². The molecule has 1 aromatic rings. The topological polar surface area (TPSA) is 31.4 Å². The van der Waals surface area contributed by atoms with Crippen molar-refractivity contribution in [2.45, 2.75) is 32.3 Å². The van der Waals surface area contributed by atoms with Crippen molar-refractivity contribution < 1.29 is 9.47 Å². The average molecular weight is 274 g/mol. The van der Waals surface area contributed by atoms with Crippen LogP contribution in [-0.2, 0) is 16.1 Å². The summed E-state index contributed by atoms with van der Waals surface area (Å²) in [7, 11) is -0.999. The van der Waals surface area contributed by atoms with E-state index in [-0.39, 0.29) is 0 Å². The van der Waals surface area contributed by atoms with Crippen LogP contribution in [0.2, 0.25) is 30.8 Å². The third-order valence-corrected chi connectivity index (χ3v) is 4.10. The molecular weight excluding hydrogens is 254 g/mol. The highest BCUT2D eigenvalue weighted by Crippen LogP contribution is 2.08. The molecule has 1 heterocycles. The Hall–Kier alpha value is -0.423. The van der Waals surface area contributed by atoms with Crippen LogP contribution in [-0.4, -0.2) is 26.5 Å². The second-order valence-electron chi connectivity index (χ2n) is 5.14. The number of hydrogen-bond donors (Lipinski definition) is 0. The smallest absolute Gasteiger partial charge is 0.147 e. The molecule has 17 heavy (non-hydrogen) atoms. The fraction of sp³-hybridized carbons (Fsp3) is 0.583. The number of nitrogens with zero attached hydrogens (tertiary/aromatic N) is 1. The zero-order valence-corrected chi connectivity index (χ0v) is 12.5. The lowest BCUT2D eigenvalue weighted by atomic mass is 10.4. The first kappa shape index (κ1) is 14.6. The van der Waals surface area contributed by atoms with E-state index >= 15 is 0 Å². The zero-order valence-electron chi connectivity index (χ0n) is 10.7. The molecule has 0 aliphatic heterocycles. The normalized spacial score (nSPS) is 11.8. The van der Waals surface area contributed by atoms with Gasteiger partial charge in [0.15, 0.2) is 0 Å². The molecule has 0 spiro atoms. The molecule has 0 aliphatic rings. The van der Waals surface area contributed by atoms with E-state index in [0.29, 0.717) is 18.6 Å². The van der Waals surface area contributed by atoms with Gasteiger partial charge in [0.25, 0.3) is 0 Å². The summed E-state index contributed by atoms with van der Waals surface area (Å²) >= 11 is 5.76. The van der Waals surface area contributed by atoms with Gasteiger partial charge in [-0.3, -0.25) is 0 Å². The van der Waals surface area contributed by atoms with Crippen LogP contribution in [0.1, 0.15) is 5.69 Å². The number of aromatic nitrogens is 1. The third-order valence-electron chi connectivity index (χ3n) is 2.19. The first-order chi connectivity index (χ1) is 7.97. The molecule has 0 bridgehead atoms. The molecule has 1 rings (SSSR count). The van der Waals surface area contributed by atoms with Crippen molar-refractivity contribution in [1.29, 1.82) is 0 Å². The Labute approximate surface area is 109 Å². The molecule has 0 amide bonds. The monoisotopic (exact) mass is 273 g/mol. The highest BCUT2D eigenvalue weighted by atomic mass is 35.5. The van der Waals surface area contributed by atoms with Crippen LogP contribution in [0.5, 0.6) is 0 Å². The van der Waals surface area contributed by atoms with E-state index in [1.54, 1.807) is 6.07 Å². The molecule has 96 valence electrons. The van der Waals surface area contributed by atoms with Crippen LogP contribution >= 0.6 is 11.6 Å². The number of pyridine rings is 1. The van der Waals surface area contributed by atoms with E-state index in [0.717, 1.165) is 18.3 Å². The van der Waals surface area contributed by atoms with E-state index in [9.17, 15) is 0 Å². The minimum atomic E-state index is -0.999. The molecule has 0 N–H and O–H groups in total. The predicted octanol–water partition coefficient (Wildman–Crippen LogP) is 3.56. The molecule has 0 aliphatic carbocycles. The van der Waals surface area contributed by atoms with Crippen molar-refractivity contribution >= 4 is 19.7 Å². The maximum Gasteiger partial charge on any atom is 0.147 e. The Morgan fingerprint density at radius 3 is 2.65 bits per heavy atom. The molecule has 0 saturated carbocycles. The summed E-state index contributed by atoms with van der Waals surface area (Å²) in [6.07, 6.45) is 0. The Kier molecular flexibility index (Phi) is 6.12. The number of ether oxygens (including phenoxy) is 2. The van der Waals surface area contributed by atoms with Gasteiger partial charge in [-0.1, -0.05) is 37.3 Å². The largest absolute Gasteiger partial charge is 0.356 e. The van der Waals surface area contributed by atoms with E-state index in [4.69, 9.17) is 21.1 Å². The molecule has 1 aromatic heterocycles. The first-order valence-corrected chi connectivity index (χ1v) is 9.83. The minimum absolute atomic E-state index is 0.318.